The molecule has 3 rings (SSSR count). The highest BCUT2D eigenvalue weighted by molar-refractivity contribution is 9.10. The van der Waals surface area contributed by atoms with Crippen LogP contribution in [0.2, 0.25) is 0 Å². The number of hydrogen-bond donors (Lipinski definition) is 0. The van der Waals surface area contributed by atoms with Crippen LogP contribution < -0.4 is 0 Å². The second-order valence-corrected chi connectivity index (χ2v) is 6.79. The highest BCUT2D eigenvalue weighted by Crippen LogP contribution is 2.42. The van der Waals surface area contributed by atoms with Gasteiger partial charge in [0.15, 0.2) is 0 Å². The molecule has 102 valence electrons. The van der Waals surface area contributed by atoms with Crippen molar-refractivity contribution in [2.24, 2.45) is 0 Å². The van der Waals surface area contributed by atoms with Gasteiger partial charge in [0.2, 0.25) is 0 Å². The minimum atomic E-state index is 0.494. The smallest absolute Gasteiger partial charge is 0.0187 e. The van der Waals surface area contributed by atoms with Gasteiger partial charge in [0, 0.05) is 10.4 Å². The average molecular weight is 327 g/mol. The zero-order chi connectivity index (χ0) is 14.4. The van der Waals surface area contributed by atoms with Gasteiger partial charge in [-0.2, -0.15) is 0 Å². The van der Waals surface area contributed by atoms with Crippen molar-refractivity contribution in [2.75, 3.05) is 0 Å². The van der Waals surface area contributed by atoms with Gasteiger partial charge in [0.1, 0.15) is 0 Å². The first-order valence-electron chi connectivity index (χ1n) is 7.07. The van der Waals surface area contributed by atoms with E-state index in [2.05, 4.69) is 80.0 Å². The molecule has 1 unspecified atom stereocenters. The lowest BCUT2D eigenvalue weighted by atomic mass is 9.87. The van der Waals surface area contributed by atoms with E-state index in [1.807, 2.05) is 0 Å². The van der Waals surface area contributed by atoms with Gasteiger partial charge in [-0.1, -0.05) is 52.7 Å². The Morgan fingerprint density at radius 3 is 2.25 bits per heavy atom. The number of allylic oxidation sites excluding steroid dienone is 1. The van der Waals surface area contributed by atoms with Crippen LogP contribution in [0.3, 0.4) is 0 Å². The molecular formula is C19H19Br. The van der Waals surface area contributed by atoms with E-state index < -0.39 is 0 Å². The van der Waals surface area contributed by atoms with Gasteiger partial charge < -0.3 is 0 Å². The monoisotopic (exact) mass is 326 g/mol. The maximum Gasteiger partial charge on any atom is 0.0187 e. The third kappa shape index (κ3) is 2.14. The summed E-state index contributed by atoms with van der Waals surface area (Å²) in [4.78, 5) is 0. The van der Waals surface area contributed by atoms with Crippen LogP contribution in [0.4, 0.5) is 0 Å². The molecule has 1 aliphatic rings. The fraction of sp³-hybridized carbons (Fsp3) is 0.263. The maximum atomic E-state index is 3.66. The van der Waals surface area contributed by atoms with Crippen LogP contribution in [-0.4, -0.2) is 0 Å². The predicted octanol–water partition coefficient (Wildman–Crippen LogP) is 6.17. The first-order chi connectivity index (χ1) is 9.47. The van der Waals surface area contributed by atoms with Crippen LogP contribution in [0, 0.1) is 20.8 Å². The summed E-state index contributed by atoms with van der Waals surface area (Å²) in [7, 11) is 0. The quantitative estimate of drug-likeness (QED) is 0.587. The Hall–Kier alpha value is -1.34. The van der Waals surface area contributed by atoms with Crippen molar-refractivity contribution in [1.29, 1.82) is 0 Å². The summed E-state index contributed by atoms with van der Waals surface area (Å²) in [5.74, 6) is 0.494. The van der Waals surface area contributed by atoms with E-state index in [0.29, 0.717) is 5.92 Å². The van der Waals surface area contributed by atoms with Gasteiger partial charge in [-0.3, -0.25) is 0 Å². The molecule has 2 aromatic rings. The van der Waals surface area contributed by atoms with Crippen molar-refractivity contribution in [3.63, 3.8) is 0 Å². The fourth-order valence-corrected chi connectivity index (χ4v) is 3.92. The molecule has 0 saturated carbocycles. The highest BCUT2D eigenvalue weighted by Gasteiger charge is 2.21. The van der Waals surface area contributed by atoms with E-state index in [1.54, 1.807) is 0 Å². The molecule has 0 fully saturated rings. The van der Waals surface area contributed by atoms with Crippen molar-refractivity contribution in [2.45, 2.75) is 33.6 Å². The lowest BCUT2D eigenvalue weighted by Gasteiger charge is -2.18. The molecule has 0 saturated heterocycles. The number of aryl methyl sites for hydroxylation is 3. The van der Waals surface area contributed by atoms with Crippen LogP contribution in [0.5, 0.6) is 0 Å². The molecule has 0 bridgehead atoms. The molecule has 0 heterocycles. The molecule has 2 aromatic carbocycles. The number of fused-ring (bicyclic) bond motifs is 1. The minimum absolute atomic E-state index is 0.494. The Labute approximate surface area is 129 Å². The second kappa shape index (κ2) is 4.89. The van der Waals surface area contributed by atoms with Gasteiger partial charge in [-0.15, -0.1) is 0 Å². The Bertz CT molecular complexity index is 700. The molecule has 0 aromatic heterocycles. The summed E-state index contributed by atoms with van der Waals surface area (Å²) in [6.07, 6.45) is 4.53. The van der Waals surface area contributed by atoms with Crippen molar-refractivity contribution in [3.05, 3.63) is 62.6 Å². The molecule has 0 amide bonds. The molecule has 0 N–H and O–H groups in total. The summed E-state index contributed by atoms with van der Waals surface area (Å²) in [5, 5.41) is 0. The number of benzene rings is 2. The van der Waals surface area contributed by atoms with Gasteiger partial charge >= 0.3 is 0 Å². The molecule has 1 heteroatoms. The van der Waals surface area contributed by atoms with E-state index in [0.717, 1.165) is 4.47 Å². The third-order valence-corrected chi connectivity index (χ3v) is 4.60. The summed E-state index contributed by atoms with van der Waals surface area (Å²) >= 11 is 3.66. The highest BCUT2D eigenvalue weighted by atomic mass is 79.9. The first-order valence-corrected chi connectivity index (χ1v) is 7.86. The summed E-state index contributed by atoms with van der Waals surface area (Å²) in [6, 6.07) is 9.05. The molecule has 0 nitrogen and oxygen atoms in total. The fourth-order valence-electron chi connectivity index (χ4n) is 3.44. The largest absolute Gasteiger partial charge is 0.0766 e. The minimum Gasteiger partial charge on any atom is -0.0766 e. The standard InChI is InChI=1S/C19H19Br/c1-11-7-13(3)18(14(4)8-11)17-10-16(20)9-15-6-5-12(2)19(15)17/h5-10,12H,1-4H3. The molecule has 20 heavy (non-hydrogen) atoms. The van der Waals surface area contributed by atoms with Gasteiger partial charge in [0.25, 0.3) is 0 Å². The van der Waals surface area contributed by atoms with Crippen molar-refractivity contribution >= 4 is 22.0 Å². The summed E-state index contributed by atoms with van der Waals surface area (Å²) in [6.45, 7) is 8.88. The number of rotatable bonds is 1. The third-order valence-electron chi connectivity index (χ3n) is 4.14. The molecular weight excluding hydrogens is 308 g/mol. The van der Waals surface area contributed by atoms with Gasteiger partial charge in [-0.25, -0.2) is 0 Å². The number of hydrogen-bond acceptors (Lipinski definition) is 0. The van der Waals surface area contributed by atoms with E-state index in [-0.39, 0.29) is 0 Å². The lowest BCUT2D eigenvalue weighted by Crippen LogP contribution is -1.97. The van der Waals surface area contributed by atoms with E-state index >= 15 is 0 Å². The second-order valence-electron chi connectivity index (χ2n) is 5.88. The summed E-state index contributed by atoms with van der Waals surface area (Å²) < 4.78 is 1.16. The molecule has 0 aliphatic heterocycles. The topological polar surface area (TPSA) is 0 Å². The van der Waals surface area contributed by atoms with E-state index in [9.17, 15) is 0 Å². The van der Waals surface area contributed by atoms with Crippen LogP contribution in [-0.2, 0) is 0 Å². The van der Waals surface area contributed by atoms with Crippen LogP contribution in [0.25, 0.3) is 17.2 Å². The number of halogens is 1. The summed E-state index contributed by atoms with van der Waals surface area (Å²) in [5.41, 5.74) is 9.64. The van der Waals surface area contributed by atoms with E-state index in [1.165, 1.54) is 38.9 Å². The van der Waals surface area contributed by atoms with Crippen LogP contribution >= 0.6 is 15.9 Å². The zero-order valence-electron chi connectivity index (χ0n) is 12.4. The van der Waals surface area contributed by atoms with E-state index in [4.69, 9.17) is 0 Å². The Balaban J connectivity index is 2.32. The Kier molecular flexibility index (Phi) is 3.33. The molecule has 0 radical (unpaired) electrons. The molecule has 1 atom stereocenters. The SMILES string of the molecule is Cc1cc(C)c(-c2cc(Br)cc3c2C(C)C=C3)c(C)c1. The molecule has 1 aliphatic carbocycles. The average Bonchev–Trinajstić information content (AvgIpc) is 2.69. The van der Waals surface area contributed by atoms with Crippen LogP contribution in [0.1, 0.15) is 40.7 Å². The maximum absolute atomic E-state index is 3.66. The van der Waals surface area contributed by atoms with Gasteiger partial charge in [0.05, 0.1) is 0 Å². The van der Waals surface area contributed by atoms with Crippen molar-refractivity contribution < 1.29 is 0 Å². The first kappa shape index (κ1) is 13.6. The van der Waals surface area contributed by atoms with Crippen molar-refractivity contribution in [1.82, 2.24) is 0 Å². The molecule has 0 spiro atoms. The zero-order valence-corrected chi connectivity index (χ0v) is 14.0. The Morgan fingerprint density at radius 2 is 1.60 bits per heavy atom. The normalized spacial score (nSPS) is 16.6. The lowest BCUT2D eigenvalue weighted by molar-refractivity contribution is 0.991. The van der Waals surface area contributed by atoms with Crippen molar-refractivity contribution in [3.8, 4) is 11.1 Å². The predicted molar refractivity (Wildman–Crippen MR) is 91.2 cm³/mol. The Morgan fingerprint density at radius 1 is 0.950 bits per heavy atom. The van der Waals surface area contributed by atoms with Gasteiger partial charge in [-0.05, 0) is 66.3 Å². The van der Waals surface area contributed by atoms with Crippen LogP contribution in [0.15, 0.2) is 34.8 Å².